The number of benzene rings is 2. The summed E-state index contributed by atoms with van der Waals surface area (Å²) in [6, 6.07) is 6.87. The molecule has 9 heteroatoms. The van der Waals surface area contributed by atoms with Crippen molar-refractivity contribution in [3.63, 3.8) is 0 Å². The highest BCUT2D eigenvalue weighted by molar-refractivity contribution is 9.10. The number of hydrazone groups is 1. The maximum atomic E-state index is 12.7. The van der Waals surface area contributed by atoms with E-state index in [1.54, 1.807) is 18.2 Å². The number of hydrogen-bond acceptors (Lipinski definition) is 3. The predicted octanol–water partition coefficient (Wildman–Crippen LogP) is 6.23. The van der Waals surface area contributed by atoms with Crippen molar-refractivity contribution in [1.29, 1.82) is 0 Å². The summed E-state index contributed by atoms with van der Waals surface area (Å²) in [5.74, 6) is 0.577. The lowest BCUT2D eigenvalue weighted by atomic mass is 10.2. The van der Waals surface area contributed by atoms with Gasteiger partial charge in [0, 0.05) is 10.0 Å². The third kappa shape index (κ3) is 4.55. The van der Waals surface area contributed by atoms with E-state index >= 15 is 0 Å². The van der Waals surface area contributed by atoms with Crippen molar-refractivity contribution in [2.45, 2.75) is 6.18 Å². The topological polar surface area (TPSA) is 33.6 Å². The molecule has 3 nitrogen and oxygen atoms in total. The molecule has 0 saturated carbocycles. The van der Waals surface area contributed by atoms with Crippen molar-refractivity contribution in [2.24, 2.45) is 5.10 Å². The molecule has 128 valence electrons. The van der Waals surface area contributed by atoms with Crippen LogP contribution in [0.4, 0.5) is 18.9 Å². The molecule has 2 rings (SSSR count). The number of methoxy groups -OCH3 is 1. The van der Waals surface area contributed by atoms with Gasteiger partial charge in [-0.2, -0.15) is 18.3 Å². The number of alkyl halides is 3. The molecular formula is C15H10BrCl2F3N2O. The maximum Gasteiger partial charge on any atom is 0.416 e. The van der Waals surface area contributed by atoms with E-state index in [0.29, 0.717) is 11.3 Å². The summed E-state index contributed by atoms with van der Waals surface area (Å²) >= 11 is 15.0. The quantitative estimate of drug-likeness (QED) is 0.450. The average Bonchev–Trinajstić information content (AvgIpc) is 2.49. The molecule has 0 aromatic heterocycles. The highest BCUT2D eigenvalue weighted by Crippen LogP contribution is 2.38. The van der Waals surface area contributed by atoms with Gasteiger partial charge in [0.15, 0.2) is 0 Å². The fourth-order valence-corrected chi connectivity index (χ4v) is 2.77. The number of rotatable bonds is 4. The van der Waals surface area contributed by atoms with Crippen molar-refractivity contribution >= 4 is 51.0 Å². The first-order valence-corrected chi connectivity index (χ1v) is 7.96. The van der Waals surface area contributed by atoms with Gasteiger partial charge in [-0.1, -0.05) is 39.1 Å². The second-order valence-electron chi connectivity index (χ2n) is 4.57. The van der Waals surface area contributed by atoms with E-state index in [-0.39, 0.29) is 15.7 Å². The molecule has 0 heterocycles. The first kappa shape index (κ1) is 18.9. The summed E-state index contributed by atoms with van der Waals surface area (Å²) in [5, 5.41) is 3.58. The van der Waals surface area contributed by atoms with Crippen molar-refractivity contribution in [3.8, 4) is 5.75 Å². The molecule has 0 radical (unpaired) electrons. The molecule has 2 aromatic rings. The summed E-state index contributed by atoms with van der Waals surface area (Å²) < 4.78 is 44.1. The zero-order valence-corrected chi connectivity index (χ0v) is 15.2. The van der Waals surface area contributed by atoms with E-state index in [2.05, 4.69) is 26.5 Å². The van der Waals surface area contributed by atoms with Crippen LogP contribution in [-0.4, -0.2) is 13.3 Å². The molecule has 0 aliphatic rings. The molecule has 0 saturated heterocycles. The van der Waals surface area contributed by atoms with Crippen LogP contribution in [0.3, 0.4) is 0 Å². The van der Waals surface area contributed by atoms with E-state index in [1.165, 1.54) is 13.3 Å². The molecule has 1 N–H and O–H groups in total. The first-order chi connectivity index (χ1) is 11.2. The lowest BCUT2D eigenvalue weighted by Gasteiger charge is -2.11. The number of hydrogen-bond donors (Lipinski definition) is 1. The monoisotopic (exact) mass is 440 g/mol. The molecule has 0 aliphatic carbocycles. The molecule has 0 unspecified atom stereocenters. The van der Waals surface area contributed by atoms with Gasteiger partial charge in [0.05, 0.1) is 34.6 Å². The van der Waals surface area contributed by atoms with Crippen LogP contribution < -0.4 is 10.2 Å². The summed E-state index contributed by atoms with van der Waals surface area (Å²) in [7, 11) is 1.51. The van der Waals surface area contributed by atoms with Crippen LogP contribution in [0.15, 0.2) is 39.9 Å². The van der Waals surface area contributed by atoms with Gasteiger partial charge in [0.25, 0.3) is 0 Å². The highest BCUT2D eigenvalue weighted by atomic mass is 79.9. The van der Waals surface area contributed by atoms with Crippen LogP contribution in [0.25, 0.3) is 0 Å². The minimum absolute atomic E-state index is 0.0801. The zero-order chi connectivity index (χ0) is 17.9. The van der Waals surface area contributed by atoms with Gasteiger partial charge in [-0.25, -0.2) is 0 Å². The van der Waals surface area contributed by atoms with Gasteiger partial charge >= 0.3 is 6.18 Å². The number of anilines is 1. The SMILES string of the molecule is COc1ccc(Br)cc1/C=N\Nc1c(Cl)cc(C(F)(F)F)cc1Cl. The molecule has 0 atom stereocenters. The lowest BCUT2D eigenvalue weighted by molar-refractivity contribution is -0.137. The van der Waals surface area contributed by atoms with Crippen LogP contribution in [0.2, 0.25) is 10.0 Å². The standard InChI is InChI=1S/C15H10BrCl2F3N2O/c1-24-13-3-2-10(16)4-8(13)7-22-23-14-11(17)5-9(6-12(14)18)15(19,20)21/h2-7,23H,1H3/b22-7-. The van der Waals surface area contributed by atoms with Crippen LogP contribution in [-0.2, 0) is 6.18 Å². The molecule has 0 bridgehead atoms. The van der Waals surface area contributed by atoms with Crippen molar-refractivity contribution in [2.75, 3.05) is 12.5 Å². The van der Waals surface area contributed by atoms with E-state index in [4.69, 9.17) is 27.9 Å². The first-order valence-electron chi connectivity index (χ1n) is 6.41. The summed E-state index contributed by atoms with van der Waals surface area (Å²) in [5.41, 5.74) is 2.35. The van der Waals surface area contributed by atoms with Crippen molar-refractivity contribution < 1.29 is 17.9 Å². The Morgan fingerprint density at radius 1 is 1.17 bits per heavy atom. The van der Waals surface area contributed by atoms with Crippen LogP contribution in [0, 0.1) is 0 Å². The molecule has 24 heavy (non-hydrogen) atoms. The minimum Gasteiger partial charge on any atom is -0.496 e. The molecular weight excluding hydrogens is 432 g/mol. The smallest absolute Gasteiger partial charge is 0.416 e. The fraction of sp³-hybridized carbons (Fsp3) is 0.133. The number of nitrogens with one attached hydrogen (secondary N) is 1. The predicted molar refractivity (Wildman–Crippen MR) is 93.4 cm³/mol. The van der Waals surface area contributed by atoms with Gasteiger partial charge in [-0.3, -0.25) is 5.43 Å². The Kier molecular flexibility index (Phi) is 6.01. The Labute approximate surface area is 154 Å². The minimum atomic E-state index is -4.53. The third-order valence-corrected chi connectivity index (χ3v) is 4.03. The van der Waals surface area contributed by atoms with Crippen LogP contribution >= 0.6 is 39.1 Å². The molecule has 0 spiro atoms. The van der Waals surface area contributed by atoms with Gasteiger partial charge < -0.3 is 4.74 Å². The van der Waals surface area contributed by atoms with Crippen molar-refractivity contribution in [1.82, 2.24) is 0 Å². The van der Waals surface area contributed by atoms with Crippen molar-refractivity contribution in [3.05, 3.63) is 56.0 Å². The van der Waals surface area contributed by atoms with Gasteiger partial charge in [-0.15, -0.1) is 0 Å². The lowest BCUT2D eigenvalue weighted by Crippen LogP contribution is -2.05. The molecule has 0 fully saturated rings. The van der Waals surface area contributed by atoms with E-state index in [0.717, 1.165) is 16.6 Å². The maximum absolute atomic E-state index is 12.7. The van der Waals surface area contributed by atoms with E-state index < -0.39 is 11.7 Å². The second-order valence-corrected chi connectivity index (χ2v) is 6.30. The van der Waals surface area contributed by atoms with Crippen LogP contribution in [0.1, 0.15) is 11.1 Å². The molecule has 0 amide bonds. The Hall–Kier alpha value is -1.44. The van der Waals surface area contributed by atoms with Crippen LogP contribution in [0.5, 0.6) is 5.75 Å². The van der Waals surface area contributed by atoms with E-state index in [9.17, 15) is 13.2 Å². The molecule has 0 aliphatic heterocycles. The van der Waals surface area contributed by atoms with E-state index in [1.807, 2.05) is 0 Å². The summed E-state index contributed by atoms with van der Waals surface area (Å²) in [4.78, 5) is 0. The third-order valence-electron chi connectivity index (χ3n) is 2.94. The fourth-order valence-electron chi connectivity index (χ4n) is 1.82. The Balaban J connectivity index is 2.25. The number of nitrogens with zero attached hydrogens (tertiary/aromatic N) is 1. The Morgan fingerprint density at radius 2 is 1.79 bits per heavy atom. The zero-order valence-electron chi connectivity index (χ0n) is 12.1. The van der Waals surface area contributed by atoms with Gasteiger partial charge in [0.2, 0.25) is 0 Å². The Morgan fingerprint density at radius 3 is 2.33 bits per heavy atom. The van der Waals surface area contributed by atoms with Gasteiger partial charge in [-0.05, 0) is 30.3 Å². The average molecular weight is 442 g/mol. The number of halogens is 6. The normalized spacial score (nSPS) is 11.8. The largest absolute Gasteiger partial charge is 0.496 e. The highest BCUT2D eigenvalue weighted by Gasteiger charge is 2.32. The Bertz CT molecular complexity index is 759. The summed E-state index contributed by atoms with van der Waals surface area (Å²) in [6.45, 7) is 0. The van der Waals surface area contributed by atoms with Gasteiger partial charge in [0.1, 0.15) is 5.75 Å². The summed E-state index contributed by atoms with van der Waals surface area (Å²) in [6.07, 6.45) is -3.09. The molecule has 2 aromatic carbocycles. The second kappa shape index (κ2) is 7.63. The number of ether oxygens (including phenoxy) is 1.